The molecule has 0 bridgehead atoms. The van der Waals surface area contributed by atoms with Gasteiger partial charge in [0.25, 0.3) is 0 Å². The minimum absolute atomic E-state index is 0.335. The van der Waals surface area contributed by atoms with Crippen molar-refractivity contribution in [2.45, 2.75) is 13.8 Å². The molecule has 0 atom stereocenters. The Labute approximate surface area is 113 Å². The molecule has 0 spiro atoms. The first-order valence-corrected chi connectivity index (χ1v) is 6.15. The zero-order chi connectivity index (χ0) is 13.8. The fourth-order valence-electron chi connectivity index (χ4n) is 2.00. The number of aryl methyl sites for hydroxylation is 1. The van der Waals surface area contributed by atoms with Crippen LogP contribution in [0.3, 0.4) is 0 Å². The van der Waals surface area contributed by atoms with Crippen LogP contribution in [0.2, 0.25) is 0 Å². The standard InChI is InChI=1S/C17H16O2/c1-12-6-3-4-9-16(12)15-8-5-7-14(11-15)10-13(2)17(18)19/h3-11H,1-2H3,(H,18,19)/b13-10+. The first kappa shape index (κ1) is 13.1. The fourth-order valence-corrected chi connectivity index (χ4v) is 2.00. The molecule has 0 aliphatic carbocycles. The lowest BCUT2D eigenvalue weighted by Gasteiger charge is -2.06. The van der Waals surface area contributed by atoms with Crippen LogP contribution in [0.1, 0.15) is 18.1 Å². The highest BCUT2D eigenvalue weighted by Gasteiger charge is 2.03. The Hall–Kier alpha value is -2.35. The van der Waals surface area contributed by atoms with Gasteiger partial charge in [0.05, 0.1) is 0 Å². The highest BCUT2D eigenvalue weighted by molar-refractivity contribution is 5.91. The highest BCUT2D eigenvalue weighted by Crippen LogP contribution is 2.24. The Bertz CT molecular complexity index is 639. The molecule has 0 aliphatic heterocycles. The van der Waals surface area contributed by atoms with Crippen LogP contribution in [-0.2, 0) is 4.79 Å². The Morgan fingerprint density at radius 1 is 1.11 bits per heavy atom. The Balaban J connectivity index is 2.43. The molecule has 96 valence electrons. The summed E-state index contributed by atoms with van der Waals surface area (Å²) in [5.41, 5.74) is 4.72. The van der Waals surface area contributed by atoms with Crippen molar-refractivity contribution >= 4 is 12.0 Å². The van der Waals surface area contributed by atoms with Crippen LogP contribution in [-0.4, -0.2) is 11.1 Å². The van der Waals surface area contributed by atoms with Gasteiger partial charge in [0.2, 0.25) is 0 Å². The lowest BCUT2D eigenvalue weighted by Crippen LogP contribution is -1.95. The molecule has 0 unspecified atom stereocenters. The van der Waals surface area contributed by atoms with E-state index in [1.54, 1.807) is 13.0 Å². The SMILES string of the molecule is C/C(=C\c1cccc(-c2ccccc2C)c1)C(=O)O. The average Bonchev–Trinajstić information content (AvgIpc) is 2.39. The van der Waals surface area contributed by atoms with E-state index in [2.05, 4.69) is 19.1 Å². The van der Waals surface area contributed by atoms with Gasteiger partial charge in [-0.25, -0.2) is 4.79 Å². The molecule has 0 fully saturated rings. The van der Waals surface area contributed by atoms with Gasteiger partial charge in [-0.3, -0.25) is 0 Å². The van der Waals surface area contributed by atoms with Gasteiger partial charge < -0.3 is 5.11 Å². The third-order valence-corrected chi connectivity index (χ3v) is 3.06. The normalized spacial score (nSPS) is 11.4. The summed E-state index contributed by atoms with van der Waals surface area (Å²) in [6.45, 7) is 3.67. The summed E-state index contributed by atoms with van der Waals surface area (Å²) in [6.07, 6.45) is 1.68. The molecule has 0 radical (unpaired) electrons. The second-order valence-electron chi connectivity index (χ2n) is 4.57. The van der Waals surface area contributed by atoms with Gasteiger partial charge in [-0.05, 0) is 48.2 Å². The van der Waals surface area contributed by atoms with Gasteiger partial charge in [-0.1, -0.05) is 42.5 Å². The molecular formula is C17H16O2. The lowest BCUT2D eigenvalue weighted by atomic mass is 9.98. The monoisotopic (exact) mass is 252 g/mol. The van der Waals surface area contributed by atoms with E-state index in [-0.39, 0.29) is 0 Å². The summed E-state index contributed by atoms with van der Waals surface area (Å²) < 4.78 is 0. The second-order valence-corrected chi connectivity index (χ2v) is 4.57. The van der Waals surface area contributed by atoms with E-state index in [4.69, 9.17) is 5.11 Å². The topological polar surface area (TPSA) is 37.3 Å². The maximum Gasteiger partial charge on any atom is 0.331 e. The largest absolute Gasteiger partial charge is 0.478 e. The maximum absolute atomic E-state index is 10.8. The van der Waals surface area contributed by atoms with Gasteiger partial charge in [-0.2, -0.15) is 0 Å². The summed E-state index contributed by atoms with van der Waals surface area (Å²) in [4.78, 5) is 10.8. The van der Waals surface area contributed by atoms with Crippen LogP contribution in [0, 0.1) is 6.92 Å². The molecule has 2 nitrogen and oxygen atoms in total. The van der Waals surface area contributed by atoms with Crippen LogP contribution in [0.4, 0.5) is 0 Å². The number of hydrogen-bond donors (Lipinski definition) is 1. The van der Waals surface area contributed by atoms with E-state index in [1.165, 1.54) is 11.1 Å². The van der Waals surface area contributed by atoms with E-state index in [9.17, 15) is 4.79 Å². The number of carboxylic acid groups (broad SMARTS) is 1. The van der Waals surface area contributed by atoms with Crippen LogP contribution >= 0.6 is 0 Å². The van der Waals surface area contributed by atoms with E-state index in [0.717, 1.165) is 11.1 Å². The van der Waals surface area contributed by atoms with Crippen molar-refractivity contribution in [1.29, 1.82) is 0 Å². The van der Waals surface area contributed by atoms with Gasteiger partial charge in [0.15, 0.2) is 0 Å². The number of carboxylic acids is 1. The zero-order valence-electron chi connectivity index (χ0n) is 11.1. The van der Waals surface area contributed by atoms with Crippen molar-refractivity contribution < 1.29 is 9.90 Å². The molecule has 0 saturated carbocycles. The predicted octanol–water partition coefficient (Wildman–Crippen LogP) is 4.15. The molecule has 0 aliphatic rings. The number of carbonyl (C=O) groups is 1. The molecule has 2 heteroatoms. The molecule has 0 heterocycles. The van der Waals surface area contributed by atoms with E-state index in [0.29, 0.717) is 5.57 Å². The van der Waals surface area contributed by atoms with Crippen LogP contribution < -0.4 is 0 Å². The molecule has 2 rings (SSSR count). The third-order valence-electron chi connectivity index (χ3n) is 3.06. The van der Waals surface area contributed by atoms with E-state index >= 15 is 0 Å². The minimum atomic E-state index is -0.888. The van der Waals surface area contributed by atoms with Gasteiger partial charge >= 0.3 is 5.97 Å². The summed E-state index contributed by atoms with van der Waals surface area (Å²) in [5.74, 6) is -0.888. The van der Waals surface area contributed by atoms with Gasteiger partial charge in [0, 0.05) is 5.57 Å². The molecular weight excluding hydrogens is 236 g/mol. The third kappa shape index (κ3) is 3.10. The van der Waals surface area contributed by atoms with E-state index < -0.39 is 5.97 Å². The Morgan fingerprint density at radius 3 is 2.53 bits per heavy atom. The summed E-state index contributed by atoms with van der Waals surface area (Å²) >= 11 is 0. The van der Waals surface area contributed by atoms with Crippen LogP contribution in [0.15, 0.2) is 54.1 Å². The Morgan fingerprint density at radius 2 is 1.84 bits per heavy atom. The predicted molar refractivity (Wildman–Crippen MR) is 77.9 cm³/mol. The minimum Gasteiger partial charge on any atom is -0.478 e. The lowest BCUT2D eigenvalue weighted by molar-refractivity contribution is -0.132. The summed E-state index contributed by atoms with van der Waals surface area (Å²) in [7, 11) is 0. The van der Waals surface area contributed by atoms with Gasteiger partial charge in [0.1, 0.15) is 0 Å². The zero-order valence-corrected chi connectivity index (χ0v) is 11.1. The fraction of sp³-hybridized carbons (Fsp3) is 0.118. The summed E-state index contributed by atoms with van der Waals surface area (Å²) in [6, 6.07) is 16.1. The van der Waals surface area contributed by atoms with Crippen molar-refractivity contribution in [3.05, 3.63) is 65.2 Å². The number of hydrogen-bond acceptors (Lipinski definition) is 1. The summed E-state index contributed by atoms with van der Waals surface area (Å²) in [5, 5.41) is 8.91. The molecule has 2 aromatic rings. The maximum atomic E-state index is 10.8. The van der Waals surface area contributed by atoms with Crippen LogP contribution in [0.5, 0.6) is 0 Å². The molecule has 2 aromatic carbocycles. The molecule has 1 N–H and O–H groups in total. The van der Waals surface area contributed by atoms with Crippen molar-refractivity contribution in [3.63, 3.8) is 0 Å². The number of rotatable bonds is 3. The number of aliphatic carboxylic acids is 1. The second kappa shape index (κ2) is 5.53. The van der Waals surface area contributed by atoms with Crippen molar-refractivity contribution in [2.75, 3.05) is 0 Å². The van der Waals surface area contributed by atoms with Gasteiger partial charge in [-0.15, -0.1) is 0 Å². The highest BCUT2D eigenvalue weighted by atomic mass is 16.4. The Kier molecular flexibility index (Phi) is 3.81. The smallest absolute Gasteiger partial charge is 0.331 e. The molecule has 0 aromatic heterocycles. The van der Waals surface area contributed by atoms with Crippen molar-refractivity contribution in [3.8, 4) is 11.1 Å². The average molecular weight is 252 g/mol. The van der Waals surface area contributed by atoms with Crippen molar-refractivity contribution in [2.24, 2.45) is 0 Å². The first-order valence-electron chi connectivity index (χ1n) is 6.15. The van der Waals surface area contributed by atoms with Crippen molar-refractivity contribution in [1.82, 2.24) is 0 Å². The molecule has 0 saturated heterocycles. The first-order chi connectivity index (χ1) is 9.08. The molecule has 0 amide bonds. The van der Waals surface area contributed by atoms with E-state index in [1.807, 2.05) is 36.4 Å². The van der Waals surface area contributed by atoms with Crippen LogP contribution in [0.25, 0.3) is 17.2 Å². The quantitative estimate of drug-likeness (QED) is 0.833. The number of benzene rings is 2. The molecule has 19 heavy (non-hydrogen) atoms.